The molecule has 0 unspecified atom stereocenters. The van der Waals surface area contributed by atoms with E-state index in [-0.39, 0.29) is 11.5 Å². The standard InChI is InChI=1S/C7H6O3/c1-5(9)6-2-3-10-7(6)4-8/h2-4H,1H3. The number of rotatable bonds is 2. The highest BCUT2D eigenvalue weighted by Crippen LogP contribution is 2.07. The molecule has 0 aliphatic heterocycles. The van der Waals surface area contributed by atoms with Crippen LogP contribution in [0.15, 0.2) is 16.7 Å². The fourth-order valence-electron chi connectivity index (χ4n) is 0.703. The summed E-state index contributed by atoms with van der Waals surface area (Å²) in [6.45, 7) is 1.39. The molecule has 1 rings (SSSR count). The highest BCUT2D eigenvalue weighted by Gasteiger charge is 2.07. The Hall–Kier alpha value is -1.38. The third-order valence-corrected chi connectivity index (χ3v) is 1.18. The largest absolute Gasteiger partial charge is 0.461 e. The van der Waals surface area contributed by atoms with Gasteiger partial charge < -0.3 is 4.42 Å². The Bertz CT molecular complexity index is 260. The van der Waals surface area contributed by atoms with Crippen LogP contribution >= 0.6 is 0 Å². The second-order valence-electron chi connectivity index (χ2n) is 1.87. The molecule has 0 aromatic carbocycles. The predicted octanol–water partition coefficient (Wildman–Crippen LogP) is 1.29. The maximum absolute atomic E-state index is 10.7. The van der Waals surface area contributed by atoms with Gasteiger partial charge in [-0.25, -0.2) is 0 Å². The molecular formula is C7H6O3. The fourth-order valence-corrected chi connectivity index (χ4v) is 0.703. The molecule has 0 amide bonds. The lowest BCUT2D eigenvalue weighted by atomic mass is 10.2. The molecule has 0 atom stereocenters. The first kappa shape index (κ1) is 6.74. The van der Waals surface area contributed by atoms with Crippen LogP contribution in [-0.4, -0.2) is 12.1 Å². The third-order valence-electron chi connectivity index (χ3n) is 1.18. The SMILES string of the molecule is CC(=O)c1ccoc1C=O. The van der Waals surface area contributed by atoms with E-state index < -0.39 is 0 Å². The van der Waals surface area contributed by atoms with Gasteiger partial charge in [-0.1, -0.05) is 0 Å². The van der Waals surface area contributed by atoms with E-state index in [1.54, 1.807) is 0 Å². The quantitative estimate of drug-likeness (QED) is 0.457. The Morgan fingerprint density at radius 1 is 1.70 bits per heavy atom. The normalized spacial score (nSPS) is 9.30. The van der Waals surface area contributed by atoms with E-state index in [0.717, 1.165) is 0 Å². The van der Waals surface area contributed by atoms with Crippen LogP contribution in [0.4, 0.5) is 0 Å². The zero-order chi connectivity index (χ0) is 7.56. The molecule has 0 saturated carbocycles. The molecule has 1 aromatic rings. The maximum atomic E-state index is 10.7. The van der Waals surface area contributed by atoms with Crippen molar-refractivity contribution in [2.45, 2.75) is 6.92 Å². The number of hydrogen-bond acceptors (Lipinski definition) is 3. The molecule has 0 aliphatic rings. The molecule has 0 radical (unpaired) electrons. The van der Waals surface area contributed by atoms with Gasteiger partial charge in [0.25, 0.3) is 0 Å². The van der Waals surface area contributed by atoms with E-state index in [0.29, 0.717) is 11.8 Å². The fraction of sp³-hybridized carbons (Fsp3) is 0.143. The summed E-state index contributed by atoms with van der Waals surface area (Å²) in [7, 11) is 0. The Balaban J connectivity index is 3.13. The Morgan fingerprint density at radius 3 is 2.80 bits per heavy atom. The first-order valence-electron chi connectivity index (χ1n) is 2.79. The molecular weight excluding hydrogens is 132 g/mol. The molecule has 0 bridgehead atoms. The van der Waals surface area contributed by atoms with Crippen LogP contribution in [0.1, 0.15) is 27.8 Å². The van der Waals surface area contributed by atoms with Crippen LogP contribution in [0.3, 0.4) is 0 Å². The van der Waals surface area contributed by atoms with Gasteiger partial charge in [0.2, 0.25) is 0 Å². The molecule has 0 fully saturated rings. The summed E-state index contributed by atoms with van der Waals surface area (Å²) < 4.78 is 4.69. The Morgan fingerprint density at radius 2 is 2.40 bits per heavy atom. The smallest absolute Gasteiger partial charge is 0.186 e. The summed E-state index contributed by atoms with van der Waals surface area (Å²) in [5.41, 5.74) is 0.343. The number of furan rings is 1. The molecule has 0 spiro atoms. The van der Waals surface area contributed by atoms with Crippen molar-refractivity contribution in [1.29, 1.82) is 0 Å². The van der Waals surface area contributed by atoms with E-state index in [1.807, 2.05) is 0 Å². The van der Waals surface area contributed by atoms with Crippen LogP contribution in [0.5, 0.6) is 0 Å². The lowest BCUT2D eigenvalue weighted by Gasteiger charge is -1.85. The number of ketones is 1. The number of aldehydes is 1. The first-order valence-corrected chi connectivity index (χ1v) is 2.79. The number of hydrogen-bond donors (Lipinski definition) is 0. The van der Waals surface area contributed by atoms with E-state index >= 15 is 0 Å². The average molecular weight is 138 g/mol. The van der Waals surface area contributed by atoms with Gasteiger partial charge in [0.15, 0.2) is 17.8 Å². The first-order chi connectivity index (χ1) is 4.75. The van der Waals surface area contributed by atoms with Crippen molar-refractivity contribution < 1.29 is 14.0 Å². The monoisotopic (exact) mass is 138 g/mol. The molecule has 1 heterocycles. The molecule has 3 heteroatoms. The summed E-state index contributed by atoms with van der Waals surface area (Å²) in [4.78, 5) is 20.8. The minimum Gasteiger partial charge on any atom is -0.461 e. The summed E-state index contributed by atoms with van der Waals surface area (Å²) in [6.07, 6.45) is 1.84. The van der Waals surface area contributed by atoms with Crippen LogP contribution in [0.25, 0.3) is 0 Å². The van der Waals surface area contributed by atoms with Crippen molar-refractivity contribution >= 4 is 12.1 Å². The molecule has 52 valence electrons. The van der Waals surface area contributed by atoms with Crippen LogP contribution in [0, 0.1) is 0 Å². The van der Waals surface area contributed by atoms with Crippen LogP contribution < -0.4 is 0 Å². The minimum atomic E-state index is -0.157. The Labute approximate surface area is 57.6 Å². The zero-order valence-electron chi connectivity index (χ0n) is 5.46. The summed E-state index contributed by atoms with van der Waals surface area (Å²) in [6, 6.07) is 1.48. The summed E-state index contributed by atoms with van der Waals surface area (Å²) in [5, 5.41) is 0. The van der Waals surface area contributed by atoms with Crippen molar-refractivity contribution in [1.82, 2.24) is 0 Å². The number of carbonyl (C=O) groups excluding carboxylic acids is 2. The van der Waals surface area contributed by atoms with Gasteiger partial charge in [0.1, 0.15) is 0 Å². The van der Waals surface area contributed by atoms with E-state index in [2.05, 4.69) is 4.42 Å². The van der Waals surface area contributed by atoms with E-state index in [9.17, 15) is 9.59 Å². The summed E-state index contributed by atoms with van der Waals surface area (Å²) in [5.74, 6) is -0.0525. The molecule has 0 N–H and O–H groups in total. The van der Waals surface area contributed by atoms with E-state index in [1.165, 1.54) is 19.3 Å². The third kappa shape index (κ3) is 0.978. The van der Waals surface area contributed by atoms with Crippen molar-refractivity contribution in [2.75, 3.05) is 0 Å². The van der Waals surface area contributed by atoms with Gasteiger partial charge >= 0.3 is 0 Å². The van der Waals surface area contributed by atoms with Crippen LogP contribution in [0.2, 0.25) is 0 Å². The minimum absolute atomic E-state index is 0.104. The zero-order valence-corrected chi connectivity index (χ0v) is 5.46. The maximum Gasteiger partial charge on any atom is 0.186 e. The van der Waals surface area contributed by atoms with Crippen molar-refractivity contribution in [3.05, 3.63) is 23.7 Å². The van der Waals surface area contributed by atoms with Gasteiger partial charge in [-0.15, -0.1) is 0 Å². The predicted molar refractivity (Wildman–Crippen MR) is 34.1 cm³/mol. The van der Waals surface area contributed by atoms with Gasteiger partial charge in [-0.3, -0.25) is 9.59 Å². The average Bonchev–Trinajstić information content (AvgIpc) is 2.33. The second kappa shape index (κ2) is 2.47. The van der Waals surface area contributed by atoms with Crippen molar-refractivity contribution in [3.63, 3.8) is 0 Å². The highest BCUT2D eigenvalue weighted by molar-refractivity contribution is 5.99. The molecule has 10 heavy (non-hydrogen) atoms. The topological polar surface area (TPSA) is 47.3 Å². The van der Waals surface area contributed by atoms with Crippen molar-refractivity contribution in [3.8, 4) is 0 Å². The van der Waals surface area contributed by atoms with Crippen molar-refractivity contribution in [2.24, 2.45) is 0 Å². The molecule has 0 aliphatic carbocycles. The Kier molecular flexibility index (Phi) is 1.67. The van der Waals surface area contributed by atoms with Gasteiger partial charge in [-0.05, 0) is 13.0 Å². The summed E-state index contributed by atoms with van der Waals surface area (Å²) >= 11 is 0. The molecule has 1 aromatic heterocycles. The van der Waals surface area contributed by atoms with E-state index in [4.69, 9.17) is 0 Å². The lowest BCUT2D eigenvalue weighted by molar-refractivity contribution is 0.100. The number of carbonyl (C=O) groups is 2. The lowest BCUT2D eigenvalue weighted by Crippen LogP contribution is -1.92. The molecule has 3 nitrogen and oxygen atoms in total. The highest BCUT2D eigenvalue weighted by atomic mass is 16.3. The van der Waals surface area contributed by atoms with Gasteiger partial charge in [-0.2, -0.15) is 0 Å². The number of Topliss-reactive ketones (excluding diaryl/α,β-unsaturated/α-hetero) is 1. The second-order valence-corrected chi connectivity index (χ2v) is 1.87. The van der Waals surface area contributed by atoms with Gasteiger partial charge in [0.05, 0.1) is 11.8 Å². The van der Waals surface area contributed by atoms with Gasteiger partial charge in [0, 0.05) is 0 Å². The molecule has 0 saturated heterocycles. The van der Waals surface area contributed by atoms with Crippen LogP contribution in [-0.2, 0) is 0 Å².